The smallest absolute Gasteiger partial charge is 0.415 e. The van der Waals surface area contributed by atoms with Crippen LogP contribution in [0.4, 0.5) is 14.9 Å². The van der Waals surface area contributed by atoms with Crippen molar-refractivity contribution in [3.63, 3.8) is 0 Å². The Kier molecular flexibility index (Phi) is 11.9. The Balaban J connectivity index is 1.14. The zero-order valence-electron chi connectivity index (χ0n) is 30.8. The average molecular weight is 801 g/mol. The van der Waals surface area contributed by atoms with Crippen LogP contribution in [0.25, 0.3) is 11.1 Å². The molecule has 0 spiro atoms. The lowest BCUT2D eigenvalue weighted by Gasteiger charge is -2.44. The van der Waals surface area contributed by atoms with Crippen molar-refractivity contribution in [2.75, 3.05) is 38.8 Å². The van der Waals surface area contributed by atoms with Crippen LogP contribution in [0.1, 0.15) is 46.0 Å². The number of pyridine rings is 1. The number of halogens is 3. The molecule has 4 heterocycles. The first kappa shape index (κ1) is 38.9. The van der Waals surface area contributed by atoms with E-state index in [9.17, 15) is 14.8 Å². The molecule has 3 fully saturated rings. The maximum atomic E-state index is 15.2. The maximum Gasteiger partial charge on any atom is 0.415 e. The molecule has 1 amide bonds. The lowest BCUT2D eigenvalue weighted by Crippen LogP contribution is -2.53. The number of amides is 1. The van der Waals surface area contributed by atoms with Gasteiger partial charge in [-0.3, -0.25) is 9.80 Å². The summed E-state index contributed by atoms with van der Waals surface area (Å²) >= 11 is 12.9. The Morgan fingerprint density at radius 1 is 0.893 bits per heavy atom. The number of fused-ring (bicyclic) bond motifs is 3. The molecule has 0 radical (unpaired) electrons. The lowest BCUT2D eigenvalue weighted by molar-refractivity contribution is -0.605. The number of hydrogen-bond acceptors (Lipinski definition) is 8. The number of carbonyl (C=O) groups excluding carboxylic acids is 2. The Hall–Kier alpha value is -5.36. The monoisotopic (exact) mass is 799 g/mol. The molecular weight excluding hydrogens is 760 g/mol. The van der Waals surface area contributed by atoms with E-state index in [0.717, 1.165) is 37.1 Å². The van der Waals surface area contributed by atoms with Gasteiger partial charge in [0.25, 0.3) is 0 Å². The number of anilines is 1. The minimum Gasteiger partial charge on any atom is -0.619 e. The molecule has 2 atom stereocenters. The number of nitrogens with zero attached hydrogens (tertiary/aromatic N) is 3. The minimum absolute atomic E-state index is 0.0559. The van der Waals surface area contributed by atoms with Crippen LogP contribution in [0.3, 0.4) is 0 Å². The normalized spacial score (nSPS) is 17.8. The van der Waals surface area contributed by atoms with Gasteiger partial charge in [0.1, 0.15) is 28.1 Å². The molecule has 0 aliphatic carbocycles. The highest BCUT2D eigenvalue weighted by Gasteiger charge is 2.38. The third-order valence-corrected chi connectivity index (χ3v) is 11.0. The van der Waals surface area contributed by atoms with Crippen molar-refractivity contribution in [1.29, 1.82) is 0 Å². The number of rotatable bonds is 12. The summed E-state index contributed by atoms with van der Waals surface area (Å²) in [5.74, 6) is 0.0612. The van der Waals surface area contributed by atoms with Crippen molar-refractivity contribution in [3.8, 4) is 22.6 Å². The van der Waals surface area contributed by atoms with Crippen molar-refractivity contribution < 1.29 is 37.7 Å². The molecule has 3 aliphatic heterocycles. The van der Waals surface area contributed by atoms with E-state index in [1.807, 2.05) is 30.3 Å². The topological polar surface area (TPSA) is 104 Å². The van der Waals surface area contributed by atoms with Crippen molar-refractivity contribution >= 4 is 41.0 Å². The second-order valence-corrected chi connectivity index (χ2v) is 14.7. The third kappa shape index (κ3) is 8.70. The fourth-order valence-corrected chi connectivity index (χ4v) is 8.00. The highest BCUT2D eigenvalue weighted by molar-refractivity contribution is 6.35. The number of aromatic nitrogens is 1. The second kappa shape index (κ2) is 17.2. The van der Waals surface area contributed by atoms with E-state index < -0.39 is 24.0 Å². The first-order chi connectivity index (χ1) is 27.1. The molecule has 56 heavy (non-hydrogen) atoms. The summed E-state index contributed by atoms with van der Waals surface area (Å²) in [6, 6.07) is 25.8. The minimum atomic E-state index is -0.892. The van der Waals surface area contributed by atoms with Gasteiger partial charge in [-0.2, -0.15) is 4.73 Å². The number of piperidine rings is 3. The van der Waals surface area contributed by atoms with Crippen LogP contribution in [0.15, 0.2) is 103 Å². The predicted molar refractivity (Wildman–Crippen MR) is 211 cm³/mol. The first-order valence-corrected chi connectivity index (χ1v) is 19.0. The zero-order chi connectivity index (χ0) is 39.3. The number of esters is 1. The lowest BCUT2D eigenvalue weighted by atomic mass is 9.86. The van der Waals surface area contributed by atoms with Gasteiger partial charge in [-0.15, -0.1) is 0 Å². The first-order valence-electron chi connectivity index (χ1n) is 18.2. The van der Waals surface area contributed by atoms with Crippen LogP contribution in [0.5, 0.6) is 11.5 Å². The van der Waals surface area contributed by atoms with Crippen LogP contribution < -0.4 is 19.1 Å². The molecule has 10 nitrogen and oxygen atoms in total. The number of ether oxygens (including phenoxy) is 4. The maximum absolute atomic E-state index is 15.2. The number of para-hydroxylation sites is 1. The largest absolute Gasteiger partial charge is 0.619 e. The molecule has 13 heteroatoms. The van der Waals surface area contributed by atoms with Crippen LogP contribution >= 0.6 is 23.2 Å². The van der Waals surface area contributed by atoms with E-state index in [0.29, 0.717) is 45.4 Å². The van der Waals surface area contributed by atoms with Gasteiger partial charge in [0.15, 0.2) is 23.9 Å². The van der Waals surface area contributed by atoms with E-state index in [1.54, 1.807) is 54.6 Å². The van der Waals surface area contributed by atoms with Gasteiger partial charge in [0, 0.05) is 18.5 Å². The third-order valence-electron chi connectivity index (χ3n) is 10.4. The standard InChI is InChI=1S/C43H40Cl2FN3O7/c1-53-38-14-13-31(21-40(38)54-2)39(22-33-34(44)24-48(52)25-35(33)45)55-42(50)32-10-6-9-30(20-32)29-8-5-7-27(19-29)23-49(37-12-4-3-11-36(37)46)43(51)56-41-26-47-17-15-28(41)16-18-47/h3-14,19-21,24-25,28,39,41H,15-18,22-23,26H2,1-2H3/t39-,41-/m0/s1. The summed E-state index contributed by atoms with van der Waals surface area (Å²) in [4.78, 5) is 31.3. The van der Waals surface area contributed by atoms with Gasteiger partial charge in [-0.05, 0) is 96.6 Å². The summed E-state index contributed by atoms with van der Waals surface area (Å²) in [6.45, 7) is 2.74. The van der Waals surface area contributed by atoms with E-state index in [4.69, 9.17) is 42.1 Å². The Labute approximate surface area is 334 Å². The highest BCUT2D eigenvalue weighted by atomic mass is 35.5. The van der Waals surface area contributed by atoms with Crippen molar-refractivity contribution in [1.82, 2.24) is 4.90 Å². The summed E-state index contributed by atoms with van der Waals surface area (Å²) in [5, 5.41) is 12.2. The summed E-state index contributed by atoms with van der Waals surface area (Å²) in [5.41, 5.74) is 3.62. The SMILES string of the molecule is COc1ccc([C@H](Cc2c(Cl)c[n+]([O-])cc2Cl)OC(=O)c2cccc(-c3cccc(CN(C(=O)O[C@H]4CN5CCC4CC5)c4ccccc4F)c3)c2)cc1OC. The van der Waals surface area contributed by atoms with Crippen LogP contribution in [-0.4, -0.2) is 56.9 Å². The molecule has 1 aromatic heterocycles. The molecule has 3 saturated heterocycles. The number of carbonyl (C=O) groups is 2. The molecule has 2 bridgehead atoms. The molecule has 4 aromatic carbocycles. The van der Waals surface area contributed by atoms with Gasteiger partial charge >= 0.3 is 12.1 Å². The van der Waals surface area contributed by atoms with Gasteiger partial charge in [0.05, 0.1) is 32.0 Å². The van der Waals surface area contributed by atoms with Crippen molar-refractivity contribution in [2.24, 2.45) is 5.92 Å². The quantitative estimate of drug-likeness (QED) is 0.0701. The van der Waals surface area contributed by atoms with Gasteiger partial charge in [-0.25, -0.2) is 14.0 Å². The van der Waals surface area contributed by atoms with E-state index in [1.165, 1.54) is 37.6 Å². The summed E-state index contributed by atoms with van der Waals surface area (Å²) < 4.78 is 38.8. The van der Waals surface area contributed by atoms with Crippen LogP contribution in [-0.2, 0) is 22.4 Å². The highest BCUT2D eigenvalue weighted by Crippen LogP contribution is 2.36. The number of benzene rings is 4. The molecular formula is C43H40Cl2FN3O7. The molecule has 8 rings (SSSR count). The van der Waals surface area contributed by atoms with Gasteiger partial charge in [-0.1, -0.05) is 71.7 Å². The predicted octanol–water partition coefficient (Wildman–Crippen LogP) is 8.83. The molecule has 0 N–H and O–H groups in total. The Morgan fingerprint density at radius 2 is 1.59 bits per heavy atom. The number of hydrogen-bond donors (Lipinski definition) is 0. The van der Waals surface area contributed by atoms with E-state index in [2.05, 4.69) is 4.90 Å². The molecule has 290 valence electrons. The average Bonchev–Trinajstić information content (AvgIpc) is 3.21. The molecule has 0 saturated carbocycles. The van der Waals surface area contributed by atoms with Crippen LogP contribution in [0.2, 0.25) is 10.0 Å². The zero-order valence-corrected chi connectivity index (χ0v) is 32.3. The Morgan fingerprint density at radius 3 is 2.27 bits per heavy atom. The molecule has 5 aromatic rings. The molecule has 3 aliphatic rings. The Bertz CT molecular complexity index is 2210. The van der Waals surface area contributed by atoms with Crippen LogP contribution in [0, 0.1) is 16.9 Å². The van der Waals surface area contributed by atoms with Gasteiger partial charge in [0.2, 0.25) is 0 Å². The second-order valence-electron chi connectivity index (χ2n) is 13.9. The van der Waals surface area contributed by atoms with Crippen molar-refractivity contribution in [3.05, 3.63) is 147 Å². The van der Waals surface area contributed by atoms with Gasteiger partial charge < -0.3 is 24.2 Å². The number of methoxy groups -OCH3 is 2. The summed E-state index contributed by atoms with van der Waals surface area (Å²) in [7, 11) is 3.02. The van der Waals surface area contributed by atoms with E-state index in [-0.39, 0.29) is 40.4 Å². The summed E-state index contributed by atoms with van der Waals surface area (Å²) in [6.07, 6.45) is 2.64. The van der Waals surface area contributed by atoms with E-state index >= 15 is 4.39 Å². The fraction of sp³-hybridized carbons (Fsp3) is 0.279. The van der Waals surface area contributed by atoms with Crippen molar-refractivity contribution in [2.45, 2.75) is 38.0 Å². The molecule has 0 unspecified atom stereocenters. The fourth-order valence-electron chi connectivity index (χ4n) is 7.40.